The number of rotatable bonds is 6. The van der Waals surface area contributed by atoms with Gasteiger partial charge in [-0.15, -0.1) is 0 Å². The van der Waals surface area contributed by atoms with Crippen LogP contribution in [-0.2, 0) is 16.0 Å². The highest BCUT2D eigenvalue weighted by Crippen LogP contribution is 2.02. The largest absolute Gasteiger partial charge is 0.354 e. The van der Waals surface area contributed by atoms with Crippen molar-refractivity contribution in [1.82, 2.24) is 9.88 Å². The van der Waals surface area contributed by atoms with Crippen LogP contribution in [-0.4, -0.2) is 37.5 Å². The molecule has 0 aliphatic rings. The molecule has 0 unspecified atom stereocenters. The molecule has 0 radical (unpaired) electrons. The van der Waals surface area contributed by atoms with Crippen molar-refractivity contribution < 1.29 is 14.3 Å². The Morgan fingerprint density at radius 3 is 2.75 bits per heavy atom. The molecule has 0 fully saturated rings. The van der Waals surface area contributed by atoms with E-state index in [1.54, 1.807) is 6.07 Å². The quantitative estimate of drug-likeness (QED) is 0.732. The van der Waals surface area contributed by atoms with Gasteiger partial charge >= 0.3 is 0 Å². The molecule has 5 heteroatoms. The fourth-order valence-corrected chi connectivity index (χ4v) is 1.43. The second-order valence-electron chi connectivity index (χ2n) is 3.29. The van der Waals surface area contributed by atoms with Crippen molar-refractivity contribution in [3.05, 3.63) is 24.0 Å². The van der Waals surface area contributed by atoms with Gasteiger partial charge in [-0.05, 0) is 19.1 Å². The second-order valence-corrected chi connectivity index (χ2v) is 3.29. The average Bonchev–Trinajstić information content (AvgIpc) is 2.78. The van der Waals surface area contributed by atoms with Crippen molar-refractivity contribution in [2.45, 2.75) is 19.8 Å². The van der Waals surface area contributed by atoms with E-state index in [1.165, 1.54) is 14.2 Å². The zero-order chi connectivity index (χ0) is 12.0. The predicted octanol–water partition coefficient (Wildman–Crippen LogP) is 0.857. The van der Waals surface area contributed by atoms with Crippen LogP contribution in [0.15, 0.2) is 18.3 Å². The lowest BCUT2D eigenvalue weighted by Crippen LogP contribution is -2.35. The van der Waals surface area contributed by atoms with Gasteiger partial charge in [0.15, 0.2) is 6.29 Å². The van der Waals surface area contributed by atoms with Crippen LogP contribution in [0.25, 0.3) is 0 Å². The summed E-state index contributed by atoms with van der Waals surface area (Å²) in [5, 5.41) is 2.75. The van der Waals surface area contributed by atoms with Crippen molar-refractivity contribution in [3.8, 4) is 0 Å². The zero-order valence-electron chi connectivity index (χ0n) is 9.90. The number of amides is 1. The van der Waals surface area contributed by atoms with Gasteiger partial charge in [0.25, 0.3) is 5.91 Å². The number of aryl methyl sites for hydroxylation is 1. The van der Waals surface area contributed by atoms with Crippen LogP contribution >= 0.6 is 0 Å². The molecule has 0 aliphatic carbocycles. The van der Waals surface area contributed by atoms with E-state index >= 15 is 0 Å². The van der Waals surface area contributed by atoms with E-state index < -0.39 is 6.29 Å². The molecule has 1 N–H and O–H groups in total. The zero-order valence-corrected chi connectivity index (χ0v) is 9.90. The molecule has 0 atom stereocenters. The maximum absolute atomic E-state index is 11.8. The highest BCUT2D eigenvalue weighted by Gasteiger charge is 2.12. The Balaban J connectivity index is 2.52. The Bertz CT molecular complexity index is 332. The monoisotopic (exact) mass is 226 g/mol. The molecular formula is C11H18N2O3. The minimum absolute atomic E-state index is 0.119. The van der Waals surface area contributed by atoms with E-state index in [2.05, 4.69) is 5.32 Å². The molecule has 1 amide bonds. The Morgan fingerprint density at radius 1 is 1.50 bits per heavy atom. The normalized spacial score (nSPS) is 10.8. The van der Waals surface area contributed by atoms with Crippen LogP contribution < -0.4 is 5.32 Å². The minimum atomic E-state index is -0.408. The van der Waals surface area contributed by atoms with E-state index in [0.717, 1.165) is 6.54 Å². The van der Waals surface area contributed by atoms with Crippen molar-refractivity contribution >= 4 is 5.91 Å². The van der Waals surface area contributed by atoms with Crippen LogP contribution in [0.2, 0.25) is 0 Å². The first kappa shape index (κ1) is 12.7. The number of hydrogen-bond donors (Lipinski definition) is 1. The van der Waals surface area contributed by atoms with Gasteiger partial charge in [-0.1, -0.05) is 0 Å². The lowest BCUT2D eigenvalue weighted by atomic mass is 10.4. The van der Waals surface area contributed by atoms with Crippen molar-refractivity contribution in [1.29, 1.82) is 0 Å². The topological polar surface area (TPSA) is 52.5 Å². The van der Waals surface area contributed by atoms with Gasteiger partial charge in [-0.3, -0.25) is 4.79 Å². The third kappa shape index (κ3) is 3.08. The summed E-state index contributed by atoms with van der Waals surface area (Å²) in [5.41, 5.74) is 0.647. The Labute approximate surface area is 95.3 Å². The standard InChI is InChI=1S/C11H18N2O3/c1-4-13-7-5-6-9(13)11(14)12-8-10(15-2)16-3/h5-7,10H,4,8H2,1-3H3,(H,12,14). The smallest absolute Gasteiger partial charge is 0.268 e. The molecule has 90 valence electrons. The number of methoxy groups -OCH3 is 2. The summed E-state index contributed by atoms with van der Waals surface area (Å²) in [5.74, 6) is -0.119. The number of ether oxygens (including phenoxy) is 2. The van der Waals surface area contributed by atoms with Crippen LogP contribution in [0.3, 0.4) is 0 Å². The molecule has 0 bridgehead atoms. The molecule has 1 aromatic heterocycles. The predicted molar refractivity (Wildman–Crippen MR) is 60.2 cm³/mol. The van der Waals surface area contributed by atoms with Crippen LogP contribution in [0, 0.1) is 0 Å². The lowest BCUT2D eigenvalue weighted by molar-refractivity contribution is -0.0974. The van der Waals surface area contributed by atoms with Gasteiger partial charge in [-0.25, -0.2) is 0 Å². The highest BCUT2D eigenvalue weighted by atomic mass is 16.7. The third-order valence-electron chi connectivity index (χ3n) is 2.36. The van der Waals surface area contributed by atoms with Crippen molar-refractivity contribution in [2.24, 2.45) is 0 Å². The summed E-state index contributed by atoms with van der Waals surface area (Å²) in [6.45, 7) is 3.10. The van der Waals surface area contributed by atoms with Gasteiger partial charge in [0, 0.05) is 27.0 Å². The summed E-state index contributed by atoms with van der Waals surface area (Å²) < 4.78 is 11.8. The fourth-order valence-electron chi connectivity index (χ4n) is 1.43. The molecule has 1 rings (SSSR count). The van der Waals surface area contributed by atoms with Gasteiger partial charge in [0.05, 0.1) is 6.54 Å². The number of carbonyl (C=O) groups excluding carboxylic acids is 1. The van der Waals surface area contributed by atoms with E-state index in [0.29, 0.717) is 12.2 Å². The Morgan fingerprint density at radius 2 is 2.19 bits per heavy atom. The molecule has 0 saturated carbocycles. The Hall–Kier alpha value is -1.33. The molecular weight excluding hydrogens is 208 g/mol. The first-order valence-corrected chi connectivity index (χ1v) is 5.21. The maximum Gasteiger partial charge on any atom is 0.268 e. The molecule has 0 aromatic carbocycles. The van der Waals surface area contributed by atoms with Gasteiger partial charge in [0.1, 0.15) is 5.69 Å². The van der Waals surface area contributed by atoms with Crippen LogP contribution in [0.4, 0.5) is 0 Å². The third-order valence-corrected chi connectivity index (χ3v) is 2.36. The Kier molecular flexibility index (Phi) is 5.01. The maximum atomic E-state index is 11.8. The number of nitrogens with zero attached hydrogens (tertiary/aromatic N) is 1. The first-order chi connectivity index (χ1) is 7.72. The van der Waals surface area contributed by atoms with E-state index in [1.807, 2.05) is 23.8 Å². The lowest BCUT2D eigenvalue weighted by Gasteiger charge is -2.14. The molecule has 5 nitrogen and oxygen atoms in total. The minimum Gasteiger partial charge on any atom is -0.354 e. The van der Waals surface area contributed by atoms with Crippen molar-refractivity contribution in [2.75, 3.05) is 20.8 Å². The van der Waals surface area contributed by atoms with Crippen molar-refractivity contribution in [3.63, 3.8) is 0 Å². The molecule has 0 saturated heterocycles. The average molecular weight is 226 g/mol. The molecule has 1 aromatic rings. The molecule has 0 spiro atoms. The second kappa shape index (κ2) is 6.30. The molecule has 0 aliphatic heterocycles. The SMILES string of the molecule is CCn1cccc1C(=O)NCC(OC)OC. The van der Waals surface area contributed by atoms with Gasteiger partial charge in [0.2, 0.25) is 0 Å². The van der Waals surface area contributed by atoms with Gasteiger partial charge < -0.3 is 19.4 Å². The molecule has 1 heterocycles. The summed E-state index contributed by atoms with van der Waals surface area (Å²) in [6.07, 6.45) is 1.47. The fraction of sp³-hybridized carbons (Fsp3) is 0.545. The van der Waals surface area contributed by atoms with Gasteiger partial charge in [-0.2, -0.15) is 0 Å². The first-order valence-electron chi connectivity index (χ1n) is 5.21. The number of nitrogens with one attached hydrogen (secondary N) is 1. The summed E-state index contributed by atoms with van der Waals surface area (Å²) in [4.78, 5) is 11.8. The summed E-state index contributed by atoms with van der Waals surface area (Å²) >= 11 is 0. The highest BCUT2D eigenvalue weighted by molar-refractivity contribution is 5.92. The number of carbonyl (C=O) groups is 1. The van der Waals surface area contributed by atoms with Crippen LogP contribution in [0.1, 0.15) is 17.4 Å². The number of aromatic nitrogens is 1. The van der Waals surface area contributed by atoms with E-state index in [-0.39, 0.29) is 5.91 Å². The van der Waals surface area contributed by atoms with Crippen LogP contribution in [0.5, 0.6) is 0 Å². The van der Waals surface area contributed by atoms with E-state index in [4.69, 9.17) is 9.47 Å². The summed E-state index contributed by atoms with van der Waals surface area (Å²) in [6, 6.07) is 3.63. The molecule has 16 heavy (non-hydrogen) atoms. The number of hydrogen-bond acceptors (Lipinski definition) is 3. The van der Waals surface area contributed by atoms with E-state index in [9.17, 15) is 4.79 Å². The summed E-state index contributed by atoms with van der Waals surface area (Å²) in [7, 11) is 3.07.